The first kappa shape index (κ1) is 22.2. The average Bonchev–Trinajstić information content (AvgIpc) is 3.08. The summed E-state index contributed by atoms with van der Waals surface area (Å²) in [6.45, 7) is 6.62. The van der Waals surface area contributed by atoms with Crippen LogP contribution in [-0.4, -0.2) is 63.4 Å². The van der Waals surface area contributed by atoms with Crippen LogP contribution in [0, 0.1) is 11.3 Å². The molecule has 0 bridgehead atoms. The zero-order valence-corrected chi connectivity index (χ0v) is 17.2. The Morgan fingerprint density at radius 3 is 2.68 bits per heavy atom. The minimum Gasteiger partial charge on any atom is -0.314 e. The number of nitrogens with one attached hydrogen (secondary N) is 1. The predicted molar refractivity (Wildman–Crippen MR) is 105 cm³/mol. The highest BCUT2D eigenvalue weighted by atomic mass is 31.2. The van der Waals surface area contributed by atoms with Crippen molar-refractivity contribution in [2.24, 2.45) is 0 Å². The minimum absolute atomic E-state index is 0.274. The Bertz CT molecular complexity index is 880. The molecule has 2 aromatic heterocycles. The first-order valence-electron chi connectivity index (χ1n) is 9.39. The van der Waals surface area contributed by atoms with Crippen molar-refractivity contribution < 1.29 is 13.6 Å². The molecule has 0 aliphatic carbocycles. The summed E-state index contributed by atoms with van der Waals surface area (Å²) in [7, 11) is -3.13. The predicted octanol–water partition coefficient (Wildman–Crippen LogP) is 1.99. The number of nitriles is 1. The highest BCUT2D eigenvalue weighted by molar-refractivity contribution is 7.53. The van der Waals surface area contributed by atoms with E-state index in [-0.39, 0.29) is 11.7 Å². The monoisotopic (exact) mass is 410 g/mol. The molecular formula is C17H27N6O4P. The first-order valence-corrected chi connectivity index (χ1v) is 11.1. The van der Waals surface area contributed by atoms with E-state index < -0.39 is 7.60 Å². The highest BCUT2D eigenvalue weighted by Gasteiger charge is 2.24. The van der Waals surface area contributed by atoms with Gasteiger partial charge in [0.15, 0.2) is 11.2 Å². The summed E-state index contributed by atoms with van der Waals surface area (Å²) < 4.78 is 25.2. The number of fused-ring (bicyclic) bond motifs is 1. The molecule has 0 spiro atoms. The zero-order valence-electron chi connectivity index (χ0n) is 16.3. The number of imidazole rings is 1. The van der Waals surface area contributed by atoms with E-state index in [9.17, 15) is 9.36 Å². The third kappa shape index (κ3) is 6.24. The van der Waals surface area contributed by atoms with Gasteiger partial charge in [-0.25, -0.2) is 9.97 Å². The van der Waals surface area contributed by atoms with Gasteiger partial charge in [-0.3, -0.25) is 9.36 Å². The quantitative estimate of drug-likeness (QED) is 0.392. The second-order valence-corrected chi connectivity index (χ2v) is 8.30. The first-order chi connectivity index (χ1) is 13.5. The van der Waals surface area contributed by atoms with Gasteiger partial charge in [0.2, 0.25) is 0 Å². The summed E-state index contributed by atoms with van der Waals surface area (Å²) in [5, 5.41) is 8.80. The van der Waals surface area contributed by atoms with Crippen LogP contribution in [0.1, 0.15) is 26.7 Å². The van der Waals surface area contributed by atoms with E-state index in [1.54, 1.807) is 20.2 Å². The molecular weight excluding hydrogens is 383 g/mol. The third-order valence-corrected chi connectivity index (χ3v) is 6.22. The van der Waals surface area contributed by atoms with Crippen molar-refractivity contribution in [1.82, 2.24) is 24.4 Å². The summed E-state index contributed by atoms with van der Waals surface area (Å²) >= 11 is 0. The number of hydrogen-bond donors (Lipinski definition) is 1. The lowest BCUT2D eigenvalue weighted by atomic mass is 10.3. The van der Waals surface area contributed by atoms with Crippen LogP contribution in [0.2, 0.25) is 0 Å². The van der Waals surface area contributed by atoms with Crippen LogP contribution in [0.15, 0.2) is 17.4 Å². The minimum atomic E-state index is -3.13. The summed E-state index contributed by atoms with van der Waals surface area (Å²) in [5.74, 6) is 0. The Kier molecular flexibility index (Phi) is 8.80. The summed E-state index contributed by atoms with van der Waals surface area (Å²) in [5.41, 5.74) is 0.551. The molecule has 154 valence electrons. The molecule has 11 heteroatoms. The molecule has 0 unspecified atom stereocenters. The molecule has 0 amide bonds. The van der Waals surface area contributed by atoms with Gasteiger partial charge >= 0.3 is 7.60 Å². The van der Waals surface area contributed by atoms with Crippen molar-refractivity contribution in [1.29, 1.82) is 5.26 Å². The fraction of sp³-hybridized carbons (Fsp3) is 0.647. The van der Waals surface area contributed by atoms with Crippen LogP contribution in [0.4, 0.5) is 0 Å². The van der Waals surface area contributed by atoms with Gasteiger partial charge in [0.1, 0.15) is 0 Å². The second-order valence-electron chi connectivity index (χ2n) is 6.12. The molecule has 2 heterocycles. The van der Waals surface area contributed by atoms with Crippen molar-refractivity contribution in [2.45, 2.75) is 33.2 Å². The number of rotatable bonds is 13. The van der Waals surface area contributed by atoms with Crippen LogP contribution in [0.3, 0.4) is 0 Å². The SMILES string of the molecule is CCOP(=O)(CCN(CCCC#N)CCn1cnc2c(=O)[nH]cnc21)OCC. The maximum absolute atomic E-state index is 12.7. The topological polar surface area (TPSA) is 126 Å². The van der Waals surface area contributed by atoms with E-state index in [4.69, 9.17) is 14.3 Å². The lowest BCUT2D eigenvalue weighted by molar-refractivity contribution is 0.210. The van der Waals surface area contributed by atoms with Crippen LogP contribution in [0.5, 0.6) is 0 Å². The zero-order chi connectivity index (χ0) is 20.4. The summed E-state index contributed by atoms with van der Waals surface area (Å²) in [4.78, 5) is 24.7. The number of aromatic nitrogens is 4. The van der Waals surface area contributed by atoms with Gasteiger partial charge in [0, 0.05) is 26.1 Å². The molecule has 2 rings (SSSR count). The third-order valence-electron chi connectivity index (χ3n) is 4.17. The fourth-order valence-corrected chi connectivity index (χ4v) is 4.49. The van der Waals surface area contributed by atoms with Crippen LogP contribution >= 0.6 is 7.60 Å². The molecule has 0 fully saturated rings. The standard InChI is InChI=1S/C17H27N6O4P/c1-3-26-28(25,27-4-2)12-11-22(8-6-5-7-18)9-10-23-14-21-15-16(23)19-13-20-17(15)24/h13-14H,3-6,8-12H2,1-2H3,(H,19,20,24). The summed E-state index contributed by atoms with van der Waals surface area (Å²) in [6, 6.07) is 2.14. The Morgan fingerprint density at radius 1 is 1.25 bits per heavy atom. The van der Waals surface area contributed by atoms with E-state index in [1.807, 2.05) is 4.57 Å². The van der Waals surface area contributed by atoms with Crippen molar-refractivity contribution >= 4 is 18.8 Å². The van der Waals surface area contributed by atoms with Gasteiger partial charge in [-0.1, -0.05) is 0 Å². The summed E-state index contributed by atoms with van der Waals surface area (Å²) in [6.07, 6.45) is 4.39. The maximum Gasteiger partial charge on any atom is 0.331 e. The Labute approximate surface area is 164 Å². The average molecular weight is 410 g/mol. The van der Waals surface area contributed by atoms with Gasteiger partial charge in [-0.05, 0) is 26.8 Å². The van der Waals surface area contributed by atoms with Crippen molar-refractivity contribution in [2.75, 3.05) is 39.0 Å². The molecule has 2 aromatic rings. The maximum atomic E-state index is 12.7. The van der Waals surface area contributed by atoms with Gasteiger partial charge in [0.05, 0.1) is 38.1 Å². The van der Waals surface area contributed by atoms with Gasteiger partial charge < -0.3 is 23.5 Å². The lowest BCUT2D eigenvalue weighted by Gasteiger charge is -2.24. The second kappa shape index (κ2) is 11.1. The fourth-order valence-electron chi connectivity index (χ4n) is 2.85. The van der Waals surface area contributed by atoms with Crippen molar-refractivity contribution in [3.8, 4) is 6.07 Å². The van der Waals surface area contributed by atoms with E-state index >= 15 is 0 Å². The smallest absolute Gasteiger partial charge is 0.314 e. The number of aromatic amines is 1. The molecule has 0 aliphatic rings. The molecule has 1 N–H and O–H groups in total. The highest BCUT2D eigenvalue weighted by Crippen LogP contribution is 2.47. The molecule has 0 aliphatic heterocycles. The van der Waals surface area contributed by atoms with Gasteiger partial charge in [-0.2, -0.15) is 5.26 Å². The van der Waals surface area contributed by atoms with E-state index in [0.717, 1.165) is 0 Å². The molecule has 28 heavy (non-hydrogen) atoms. The largest absolute Gasteiger partial charge is 0.331 e. The Morgan fingerprint density at radius 2 is 2.00 bits per heavy atom. The Balaban J connectivity index is 2.03. The van der Waals surface area contributed by atoms with E-state index in [1.165, 1.54) is 6.33 Å². The van der Waals surface area contributed by atoms with E-state index in [2.05, 4.69) is 25.9 Å². The normalized spacial score (nSPS) is 11.9. The van der Waals surface area contributed by atoms with Crippen LogP contribution < -0.4 is 5.56 Å². The number of hydrogen-bond acceptors (Lipinski definition) is 8. The van der Waals surface area contributed by atoms with Crippen molar-refractivity contribution in [3.05, 3.63) is 23.0 Å². The number of H-pyrrole nitrogens is 1. The number of nitrogens with zero attached hydrogens (tertiary/aromatic N) is 5. The molecule has 0 atom stereocenters. The Hall–Kier alpha value is -2.05. The van der Waals surface area contributed by atoms with Crippen molar-refractivity contribution in [3.63, 3.8) is 0 Å². The van der Waals surface area contributed by atoms with E-state index in [0.29, 0.717) is 63.4 Å². The van der Waals surface area contributed by atoms with Crippen LogP contribution in [0.25, 0.3) is 11.2 Å². The molecule has 0 radical (unpaired) electrons. The molecule has 10 nitrogen and oxygen atoms in total. The van der Waals surface area contributed by atoms with Gasteiger partial charge in [0.25, 0.3) is 5.56 Å². The van der Waals surface area contributed by atoms with Gasteiger partial charge in [-0.15, -0.1) is 0 Å². The molecule has 0 aromatic carbocycles. The van der Waals surface area contributed by atoms with Crippen LogP contribution in [-0.2, 0) is 20.2 Å². The lowest BCUT2D eigenvalue weighted by Crippen LogP contribution is -2.31. The number of unbranched alkanes of at least 4 members (excludes halogenated alkanes) is 1. The molecule has 0 saturated heterocycles. The molecule has 0 saturated carbocycles.